The summed E-state index contributed by atoms with van der Waals surface area (Å²) in [5, 5.41) is 124. The molecule has 0 aliphatic carbocycles. The minimum Gasteiger partial charge on any atom is -0.872 e. The van der Waals surface area contributed by atoms with E-state index in [0.717, 1.165) is 39.6 Å². The molecule has 0 saturated heterocycles. The van der Waals surface area contributed by atoms with E-state index in [2.05, 4.69) is 20.0 Å². The number of aliphatic hydroxyl groups excluding tert-OH is 2. The van der Waals surface area contributed by atoms with E-state index in [4.69, 9.17) is 83.4 Å². The zero-order chi connectivity index (χ0) is 47.3. The number of aryl methyl sites for hydroxylation is 2. The average molecular weight is 1070 g/mol. The van der Waals surface area contributed by atoms with Crippen molar-refractivity contribution in [3.63, 3.8) is 0 Å². The molecule has 358 valence electrons. The number of benzene rings is 2. The van der Waals surface area contributed by atoms with Gasteiger partial charge in [-0.15, -0.1) is 13.2 Å². The van der Waals surface area contributed by atoms with Gasteiger partial charge < -0.3 is 104 Å². The molecule has 2 rings (SSSR count). The predicted molar refractivity (Wildman–Crippen MR) is 202 cm³/mol. The van der Waals surface area contributed by atoms with Crippen molar-refractivity contribution >= 4 is 24.9 Å². The van der Waals surface area contributed by atoms with Crippen LogP contribution in [0.15, 0.2) is 44.2 Å². The monoisotopic (exact) mass is 1070 g/mol. The maximum Gasteiger partial charge on any atom is 3.00 e. The first kappa shape index (κ1) is 88.6. The van der Waals surface area contributed by atoms with Gasteiger partial charge in [-0.3, -0.25) is 29.8 Å². The third-order valence-electron chi connectivity index (χ3n) is 4.40. The Balaban J connectivity index is -0.0000000422. The fraction of sp³-hybridized carbons (Fsp3) is 0.467. The molecule has 62 heavy (non-hydrogen) atoms. The molecule has 0 aliphatic rings. The van der Waals surface area contributed by atoms with Crippen LogP contribution in [-0.2, 0) is 67.1 Å². The fourth-order valence-corrected chi connectivity index (χ4v) is 2.92. The summed E-state index contributed by atoms with van der Waals surface area (Å²) < 4.78 is 0. The van der Waals surface area contributed by atoms with Crippen LogP contribution in [-0.4, -0.2) is 126 Å². The smallest absolute Gasteiger partial charge is 0.872 e. The van der Waals surface area contributed by atoms with Crippen LogP contribution in [0.3, 0.4) is 0 Å². The third-order valence-corrected chi connectivity index (χ3v) is 4.40. The quantitative estimate of drug-likeness (QED) is 0.0509. The minimum atomic E-state index is -1.75. The second-order valence-corrected chi connectivity index (χ2v) is 8.17. The van der Waals surface area contributed by atoms with Gasteiger partial charge in [-0.25, -0.2) is 0 Å². The van der Waals surface area contributed by atoms with Crippen LogP contribution in [0.25, 0.3) is 31.9 Å². The average Bonchev–Trinajstić information content (AvgIpc) is 3.19. The number of aliphatic imine (C=N–C) groups is 4. The summed E-state index contributed by atoms with van der Waals surface area (Å²) in [4.78, 5) is 35.1. The first-order valence-electron chi connectivity index (χ1n) is 14.9. The Kier molecular flexibility index (Phi) is 110. The van der Waals surface area contributed by atoms with Gasteiger partial charge in [-0.1, -0.05) is 35.8 Å². The topological polar surface area (TPSA) is 524 Å². The van der Waals surface area contributed by atoms with E-state index < -0.39 is 10.2 Å². The first-order chi connectivity index (χ1) is 27.7. The summed E-state index contributed by atoms with van der Waals surface area (Å²) in [5.41, 5.74) is 30.7. The van der Waals surface area contributed by atoms with Crippen molar-refractivity contribution in [2.24, 2.45) is 20.0 Å². The second-order valence-electron chi connectivity index (χ2n) is 8.17. The summed E-state index contributed by atoms with van der Waals surface area (Å²) in [5.74, 6) is -0.339. The van der Waals surface area contributed by atoms with E-state index >= 15 is 0 Å². The first-order valence-corrected chi connectivity index (χ1v) is 14.9. The van der Waals surface area contributed by atoms with Gasteiger partial charge in [0.1, 0.15) is 0 Å². The maximum atomic E-state index is 12.0. The molecule has 32 heteroatoms. The molecular weight excluding hydrogens is 1020 g/mol. The number of nitrogens with zero attached hydrogens (tertiary/aromatic N) is 12. The molecule has 0 aromatic heterocycles. The van der Waals surface area contributed by atoms with Gasteiger partial charge in [-0.2, -0.15) is 28.4 Å². The van der Waals surface area contributed by atoms with Gasteiger partial charge in [0.25, 0.3) is 0 Å². The molecule has 28 nitrogen and oxygen atoms in total. The Morgan fingerprint density at radius 1 is 0.548 bits per heavy atom. The summed E-state index contributed by atoms with van der Waals surface area (Å²) in [7, 11) is 3.00. The Labute approximate surface area is 401 Å². The van der Waals surface area contributed by atoms with Crippen LogP contribution in [0.5, 0.6) is 11.5 Å². The molecule has 2 N–H and O–H groups in total. The second kappa shape index (κ2) is 77.1. The number of hydrogen-bond donors (Lipinski definition) is 2. The van der Waals surface area contributed by atoms with Crippen LogP contribution >= 0.6 is 0 Å². The standard InChI is InChI=1S/2C13H17N2O3.4CH3O.4Co.2N3.2NO3/c2*1-10-6-11(8-14-2-4-16)13(18)12(7-10)9-15-3-5-17;4*1-2;;;;;2*1-3-2;2*2-1(3)4/h2*6-9,16,18H,2-5H2,1H3;4*1H3;;;;;;;;/q6*-1;2*+2;2*+3;4*-1. The number of aliphatic hydroxyl groups is 2. The van der Waals surface area contributed by atoms with Crippen LogP contribution in [0.1, 0.15) is 36.2 Å². The molecule has 2 radical (unpaired) electrons. The van der Waals surface area contributed by atoms with E-state index in [1.54, 1.807) is 24.3 Å². The van der Waals surface area contributed by atoms with E-state index in [9.17, 15) is 20.4 Å². The zero-order valence-electron chi connectivity index (χ0n) is 35.6. The molecule has 0 fully saturated rings. The molecule has 0 bridgehead atoms. The largest absolute Gasteiger partial charge is 3.00 e. The Hall–Kier alpha value is -4.55. The van der Waals surface area contributed by atoms with Crippen molar-refractivity contribution in [1.82, 2.24) is 0 Å². The van der Waals surface area contributed by atoms with E-state index in [-0.39, 0.29) is 134 Å². The molecule has 0 amide bonds. The molecular formula is C30H46Co4N12O16. The molecule has 0 saturated carbocycles. The van der Waals surface area contributed by atoms with Gasteiger partial charge in [-0.05, 0) is 47.2 Å². The van der Waals surface area contributed by atoms with Gasteiger partial charge >= 0.3 is 70.0 Å². The van der Waals surface area contributed by atoms with Crippen molar-refractivity contribution in [1.29, 1.82) is 0 Å². The Morgan fingerprint density at radius 2 is 0.710 bits per heavy atom. The Bertz CT molecular complexity index is 1300. The van der Waals surface area contributed by atoms with Crippen molar-refractivity contribution in [3.8, 4) is 11.5 Å². The minimum absolute atomic E-state index is 0. The zero-order valence-corrected chi connectivity index (χ0v) is 37.7. The summed E-state index contributed by atoms with van der Waals surface area (Å²) in [6, 6.07) is 6.91. The molecule has 0 aliphatic heterocycles. The van der Waals surface area contributed by atoms with Crippen LogP contribution < -0.4 is 40.9 Å². The maximum absolute atomic E-state index is 12.0. The number of rotatable bonds is 12. The van der Waals surface area contributed by atoms with Crippen LogP contribution in [0.4, 0.5) is 0 Å². The van der Waals surface area contributed by atoms with Crippen molar-refractivity contribution < 1.29 is 131 Å². The summed E-state index contributed by atoms with van der Waals surface area (Å²) in [6.07, 6.45) is 5.76. The van der Waals surface area contributed by atoms with Crippen LogP contribution in [0.2, 0.25) is 0 Å². The van der Waals surface area contributed by atoms with Gasteiger partial charge in [0.2, 0.25) is 0 Å². The summed E-state index contributed by atoms with van der Waals surface area (Å²) >= 11 is 0. The van der Waals surface area contributed by atoms with Crippen molar-refractivity contribution in [2.45, 2.75) is 13.8 Å². The van der Waals surface area contributed by atoms with Gasteiger partial charge in [0.05, 0.1) is 36.5 Å². The molecule has 0 atom stereocenters. The molecule has 0 spiro atoms. The molecule has 2 aromatic rings. The molecule has 2 aromatic carbocycles. The van der Waals surface area contributed by atoms with E-state index in [1.165, 1.54) is 34.7 Å². The van der Waals surface area contributed by atoms with Crippen molar-refractivity contribution in [2.75, 3.05) is 81.0 Å². The van der Waals surface area contributed by atoms with Crippen molar-refractivity contribution in [3.05, 3.63) is 120 Å². The Morgan fingerprint density at radius 3 is 0.855 bits per heavy atom. The SMILES string of the molecule is C[O-].C[O-].C[O-].C[O-].Cc1cc(C=NCC[O-])c([O-])c(C=NCCO)c1.Cc1cc(C=NCC[O-])c([O-])c(C=NCCO)c1.O=[N+]([O-])[O-].O=[N+]([O-])[O-].[Co+2].[Co+2].[Co+3].[Co+3].[H+].[H+].[N-]=[N+]=[N-].[N-]=[N+]=[N-]. The van der Waals surface area contributed by atoms with E-state index in [0.29, 0.717) is 22.3 Å². The molecule has 0 unspecified atom stereocenters. The van der Waals surface area contributed by atoms with Gasteiger partial charge in [0, 0.05) is 37.9 Å². The normalized spacial score (nSPS) is 8.23. The molecule has 0 heterocycles. The van der Waals surface area contributed by atoms with Crippen LogP contribution in [0, 0.1) is 44.5 Å². The fourth-order valence-electron chi connectivity index (χ4n) is 2.92. The summed E-state index contributed by atoms with van der Waals surface area (Å²) in [6.45, 7) is 3.94. The van der Waals surface area contributed by atoms with E-state index in [1.807, 2.05) is 13.8 Å². The predicted octanol–water partition coefficient (Wildman–Crippen LogP) is -4.11. The van der Waals surface area contributed by atoms with Gasteiger partial charge in [0.15, 0.2) is 0 Å². The third kappa shape index (κ3) is 73.0. The number of hydrogen-bond acceptors (Lipinski definition) is 20.